The number of fused-ring (bicyclic) bond motifs is 1. The number of pyridine rings is 2. The van der Waals surface area contributed by atoms with Gasteiger partial charge < -0.3 is 20.3 Å². The molecule has 0 aliphatic carbocycles. The van der Waals surface area contributed by atoms with Crippen molar-refractivity contribution in [3.63, 3.8) is 0 Å². The third-order valence-corrected chi connectivity index (χ3v) is 5.63. The van der Waals surface area contributed by atoms with E-state index < -0.39 is 17.9 Å². The molecule has 4 heterocycles. The predicted molar refractivity (Wildman–Crippen MR) is 124 cm³/mol. The summed E-state index contributed by atoms with van der Waals surface area (Å²) < 4.78 is 44.8. The van der Waals surface area contributed by atoms with Gasteiger partial charge in [-0.2, -0.15) is 18.3 Å². The van der Waals surface area contributed by atoms with Gasteiger partial charge in [0.05, 0.1) is 36.9 Å². The zero-order valence-corrected chi connectivity index (χ0v) is 19.3. The summed E-state index contributed by atoms with van der Waals surface area (Å²) in [7, 11) is 3.26. The highest BCUT2D eigenvalue weighted by Crippen LogP contribution is 2.36. The lowest BCUT2D eigenvalue weighted by molar-refractivity contribution is -0.141. The number of anilines is 3. The van der Waals surface area contributed by atoms with Crippen LogP contribution in [0.3, 0.4) is 0 Å². The maximum absolute atomic E-state index is 12.7. The summed E-state index contributed by atoms with van der Waals surface area (Å²) >= 11 is 0. The fourth-order valence-electron chi connectivity index (χ4n) is 3.81. The largest absolute Gasteiger partial charge is 0.499 e. The van der Waals surface area contributed by atoms with Gasteiger partial charge in [-0.05, 0) is 18.6 Å². The molecule has 4 rings (SSSR count). The van der Waals surface area contributed by atoms with Crippen molar-refractivity contribution in [3.05, 3.63) is 71.6 Å². The Morgan fingerprint density at radius 2 is 2.06 bits per heavy atom. The van der Waals surface area contributed by atoms with Crippen LogP contribution in [-0.4, -0.2) is 45.9 Å². The molecule has 3 aromatic rings. The molecular formula is C23H24F3N7O2. The van der Waals surface area contributed by atoms with Crippen LogP contribution >= 0.6 is 0 Å². The lowest BCUT2D eigenvalue weighted by atomic mass is 10.1. The average molecular weight is 487 g/mol. The number of halogens is 3. The van der Waals surface area contributed by atoms with Gasteiger partial charge in [0, 0.05) is 37.6 Å². The Kier molecular flexibility index (Phi) is 6.37. The number of carbonyl (C=O) groups excluding carboxylic acids is 1. The van der Waals surface area contributed by atoms with Crippen LogP contribution < -0.4 is 15.5 Å². The number of hydrogen-bond acceptors (Lipinski definition) is 7. The van der Waals surface area contributed by atoms with Gasteiger partial charge in [-0.25, -0.2) is 4.98 Å². The number of carbonyl (C=O) groups is 1. The number of rotatable bonds is 7. The zero-order chi connectivity index (χ0) is 25.3. The summed E-state index contributed by atoms with van der Waals surface area (Å²) in [5.41, 5.74) is 2.58. The first-order valence-electron chi connectivity index (χ1n) is 10.6. The molecule has 2 N–H and O–H groups in total. The van der Waals surface area contributed by atoms with E-state index in [4.69, 9.17) is 4.74 Å². The highest BCUT2D eigenvalue weighted by molar-refractivity contribution is 6.05. The van der Waals surface area contributed by atoms with Gasteiger partial charge in [-0.15, -0.1) is 0 Å². The van der Waals surface area contributed by atoms with Crippen molar-refractivity contribution in [1.82, 2.24) is 19.7 Å². The fourth-order valence-corrected chi connectivity index (χ4v) is 3.81. The van der Waals surface area contributed by atoms with E-state index in [1.807, 2.05) is 6.07 Å². The second-order valence-corrected chi connectivity index (χ2v) is 8.11. The van der Waals surface area contributed by atoms with Crippen LogP contribution in [0.15, 0.2) is 49.1 Å². The molecule has 0 aromatic carbocycles. The van der Waals surface area contributed by atoms with Crippen LogP contribution in [0.2, 0.25) is 0 Å². The number of nitrogens with zero attached hydrogens (tertiary/aromatic N) is 5. The van der Waals surface area contributed by atoms with Crippen LogP contribution in [0.4, 0.5) is 30.4 Å². The van der Waals surface area contributed by atoms with E-state index in [1.54, 1.807) is 35.9 Å². The molecule has 184 valence electrons. The molecule has 3 aromatic heterocycles. The standard InChI is InChI=1S/C23H24F3N7O2/c1-13-20-17(32(3)21(14(2)35-4)22(34)31-20)7-19(30-13)28-9-16-10-29-33(12-16)11-15-5-6-18(27-8-15)23(24,25)26/h5-8,10,12,21H,2,9,11H2,1,3-4H3,(H,28,30)(H,31,34)/t21-/m0/s1. The summed E-state index contributed by atoms with van der Waals surface area (Å²) in [6.45, 7) is 6.33. The summed E-state index contributed by atoms with van der Waals surface area (Å²) in [6.07, 6.45) is 0.190. The van der Waals surface area contributed by atoms with Crippen molar-refractivity contribution in [3.8, 4) is 0 Å². The Hall–Kier alpha value is -4.09. The molecule has 0 unspecified atom stereocenters. The normalized spacial score (nSPS) is 15.4. The third-order valence-electron chi connectivity index (χ3n) is 5.63. The quantitative estimate of drug-likeness (QED) is 0.492. The van der Waals surface area contributed by atoms with Crippen LogP contribution in [0.25, 0.3) is 0 Å². The van der Waals surface area contributed by atoms with Gasteiger partial charge in [0.1, 0.15) is 17.3 Å². The van der Waals surface area contributed by atoms with Crippen LogP contribution in [0.5, 0.6) is 0 Å². The first-order chi connectivity index (χ1) is 16.6. The Balaban J connectivity index is 1.44. The van der Waals surface area contributed by atoms with Gasteiger partial charge in [0.25, 0.3) is 5.91 Å². The summed E-state index contributed by atoms with van der Waals surface area (Å²) in [4.78, 5) is 22.3. The van der Waals surface area contributed by atoms with Gasteiger partial charge in [0.2, 0.25) is 0 Å². The second kappa shape index (κ2) is 9.28. The number of aromatic nitrogens is 4. The van der Waals surface area contributed by atoms with E-state index in [0.717, 1.165) is 17.3 Å². The Bertz CT molecular complexity index is 1250. The SMILES string of the molecule is C=C(OC)[C@H]1C(=O)Nc2c(cc(NCc3cnn(Cc4ccc(C(F)(F)F)nc4)c3)nc2C)N1C. The molecule has 0 saturated carbocycles. The maximum Gasteiger partial charge on any atom is 0.433 e. The lowest BCUT2D eigenvalue weighted by Gasteiger charge is -2.36. The molecule has 0 bridgehead atoms. The molecular weight excluding hydrogens is 463 g/mol. The Labute approximate surface area is 199 Å². The number of hydrogen-bond donors (Lipinski definition) is 2. The van der Waals surface area contributed by atoms with Crippen molar-refractivity contribution >= 4 is 23.1 Å². The number of aryl methyl sites for hydroxylation is 1. The molecule has 0 saturated heterocycles. The zero-order valence-electron chi connectivity index (χ0n) is 19.3. The maximum atomic E-state index is 12.7. The molecule has 1 aliphatic rings. The van der Waals surface area contributed by atoms with Crippen molar-refractivity contribution in [2.75, 3.05) is 29.7 Å². The summed E-state index contributed by atoms with van der Waals surface area (Å²) in [5.74, 6) is 0.689. The Morgan fingerprint density at radius 1 is 1.29 bits per heavy atom. The molecule has 9 nitrogen and oxygen atoms in total. The first-order valence-corrected chi connectivity index (χ1v) is 10.6. The summed E-state index contributed by atoms with van der Waals surface area (Å²) in [5, 5.41) is 10.4. The van der Waals surface area contributed by atoms with Gasteiger partial charge in [0.15, 0.2) is 6.04 Å². The van der Waals surface area contributed by atoms with E-state index in [2.05, 4.69) is 32.3 Å². The van der Waals surface area contributed by atoms with Gasteiger partial charge in [-0.1, -0.05) is 12.6 Å². The van der Waals surface area contributed by atoms with Gasteiger partial charge in [-0.3, -0.25) is 14.5 Å². The van der Waals surface area contributed by atoms with Crippen molar-refractivity contribution in [2.45, 2.75) is 32.2 Å². The number of nitrogens with one attached hydrogen (secondary N) is 2. The minimum atomic E-state index is -4.47. The minimum Gasteiger partial charge on any atom is -0.499 e. The average Bonchev–Trinajstić information content (AvgIpc) is 3.25. The van der Waals surface area contributed by atoms with Gasteiger partial charge >= 0.3 is 6.18 Å². The number of methoxy groups -OCH3 is 1. The topological polar surface area (TPSA) is 97.2 Å². The van der Waals surface area contributed by atoms with Crippen molar-refractivity contribution in [2.24, 2.45) is 0 Å². The predicted octanol–water partition coefficient (Wildman–Crippen LogP) is 3.58. The smallest absolute Gasteiger partial charge is 0.433 e. The van der Waals surface area contributed by atoms with E-state index in [0.29, 0.717) is 35.1 Å². The highest BCUT2D eigenvalue weighted by atomic mass is 19.4. The number of alkyl halides is 3. The first kappa shape index (κ1) is 24.0. The second-order valence-electron chi connectivity index (χ2n) is 8.11. The molecule has 1 atom stereocenters. The monoisotopic (exact) mass is 487 g/mol. The fraction of sp³-hybridized carbons (Fsp3) is 0.304. The molecule has 0 spiro atoms. The van der Waals surface area contributed by atoms with Crippen LogP contribution in [-0.2, 0) is 28.8 Å². The number of amides is 1. The van der Waals surface area contributed by atoms with Crippen LogP contribution in [0.1, 0.15) is 22.5 Å². The Morgan fingerprint density at radius 3 is 2.71 bits per heavy atom. The molecule has 1 amide bonds. The molecule has 0 radical (unpaired) electrons. The van der Waals surface area contributed by atoms with E-state index in [1.165, 1.54) is 19.4 Å². The lowest BCUT2D eigenvalue weighted by Crippen LogP contribution is -2.47. The van der Waals surface area contributed by atoms with Crippen molar-refractivity contribution < 1.29 is 22.7 Å². The molecule has 35 heavy (non-hydrogen) atoms. The summed E-state index contributed by atoms with van der Waals surface area (Å²) in [6, 6.07) is 3.50. The molecule has 1 aliphatic heterocycles. The molecule has 0 fully saturated rings. The highest BCUT2D eigenvalue weighted by Gasteiger charge is 2.35. The van der Waals surface area contributed by atoms with E-state index in [-0.39, 0.29) is 12.5 Å². The molecule has 12 heteroatoms. The third kappa shape index (κ3) is 5.05. The van der Waals surface area contributed by atoms with E-state index >= 15 is 0 Å². The van der Waals surface area contributed by atoms with Crippen LogP contribution in [0, 0.1) is 6.92 Å². The van der Waals surface area contributed by atoms with Crippen molar-refractivity contribution in [1.29, 1.82) is 0 Å². The van der Waals surface area contributed by atoms with E-state index in [9.17, 15) is 18.0 Å². The number of likely N-dealkylation sites (N-methyl/N-ethyl adjacent to an activating group) is 1. The number of ether oxygens (including phenoxy) is 1. The minimum absolute atomic E-state index is 0.242.